The van der Waals surface area contributed by atoms with Gasteiger partial charge in [0.2, 0.25) is 5.91 Å². The van der Waals surface area contributed by atoms with Gasteiger partial charge in [-0.25, -0.2) is 0 Å². The van der Waals surface area contributed by atoms with Gasteiger partial charge in [-0.1, -0.05) is 0 Å². The zero-order valence-corrected chi connectivity index (χ0v) is 12.3. The Hall–Kier alpha value is -1.75. The molecule has 0 unspecified atom stereocenters. The number of anilines is 1. The molecule has 1 heterocycles. The van der Waals surface area contributed by atoms with E-state index in [0.717, 1.165) is 38.0 Å². The Balaban J connectivity index is 1.65. The molecule has 0 spiro atoms. The first-order valence-corrected chi connectivity index (χ1v) is 7.49. The summed E-state index contributed by atoms with van der Waals surface area (Å²) in [5.74, 6) is 1.58. The lowest BCUT2D eigenvalue weighted by Gasteiger charge is -2.15. The second-order valence-corrected chi connectivity index (χ2v) is 5.58. The monoisotopic (exact) mass is 291 g/mol. The van der Waals surface area contributed by atoms with Crippen molar-refractivity contribution in [2.75, 3.05) is 25.6 Å². The largest absolute Gasteiger partial charge is 0.493 e. The highest BCUT2D eigenvalue weighted by atomic mass is 16.5. The summed E-state index contributed by atoms with van der Waals surface area (Å²) in [5, 5.41) is 2.92. The molecule has 2 fully saturated rings. The molecule has 5 nitrogen and oxygen atoms in total. The quantitative estimate of drug-likeness (QED) is 0.875. The molecule has 0 radical (unpaired) electrons. The molecule has 1 amide bonds. The van der Waals surface area contributed by atoms with E-state index in [2.05, 4.69) is 5.32 Å². The van der Waals surface area contributed by atoms with E-state index in [1.807, 2.05) is 18.2 Å². The zero-order valence-electron chi connectivity index (χ0n) is 12.3. The van der Waals surface area contributed by atoms with E-state index in [1.54, 1.807) is 7.11 Å². The van der Waals surface area contributed by atoms with Crippen LogP contribution in [0.15, 0.2) is 18.2 Å². The third-order valence-electron chi connectivity index (χ3n) is 3.83. The van der Waals surface area contributed by atoms with Crippen LogP contribution in [0.25, 0.3) is 0 Å². The van der Waals surface area contributed by atoms with Gasteiger partial charge in [0.05, 0.1) is 13.2 Å². The summed E-state index contributed by atoms with van der Waals surface area (Å²) in [6, 6.07) is 5.46. The van der Waals surface area contributed by atoms with Crippen LogP contribution in [0.3, 0.4) is 0 Å². The summed E-state index contributed by atoms with van der Waals surface area (Å²) in [6.45, 7) is 1.32. The fourth-order valence-corrected chi connectivity index (χ4v) is 2.42. The lowest BCUT2D eigenvalue weighted by molar-refractivity contribution is -0.117. The van der Waals surface area contributed by atoms with Gasteiger partial charge < -0.3 is 19.5 Å². The van der Waals surface area contributed by atoms with Crippen molar-refractivity contribution in [3.05, 3.63) is 18.2 Å². The van der Waals surface area contributed by atoms with E-state index >= 15 is 0 Å². The van der Waals surface area contributed by atoms with Crippen molar-refractivity contribution in [1.82, 2.24) is 0 Å². The minimum absolute atomic E-state index is 0.0882. The first kappa shape index (κ1) is 14.2. The average molecular weight is 291 g/mol. The fourth-order valence-electron chi connectivity index (χ4n) is 2.42. The number of ether oxygens (including phenoxy) is 3. The van der Waals surface area contributed by atoms with Gasteiger partial charge in [-0.15, -0.1) is 0 Å². The Morgan fingerprint density at radius 2 is 2.19 bits per heavy atom. The highest BCUT2D eigenvalue weighted by Crippen LogP contribution is 2.33. The summed E-state index contributed by atoms with van der Waals surface area (Å²) in [5.41, 5.74) is 0.745. The van der Waals surface area contributed by atoms with Crippen LogP contribution in [0, 0.1) is 5.92 Å². The molecule has 21 heavy (non-hydrogen) atoms. The first-order chi connectivity index (χ1) is 10.3. The van der Waals surface area contributed by atoms with Crippen molar-refractivity contribution in [1.29, 1.82) is 0 Å². The van der Waals surface area contributed by atoms with E-state index in [-0.39, 0.29) is 17.9 Å². The van der Waals surface area contributed by atoms with Crippen molar-refractivity contribution < 1.29 is 19.0 Å². The van der Waals surface area contributed by atoms with Crippen molar-refractivity contribution in [3.8, 4) is 11.5 Å². The molecule has 5 heteroatoms. The highest BCUT2D eigenvalue weighted by molar-refractivity contribution is 5.94. The summed E-state index contributed by atoms with van der Waals surface area (Å²) >= 11 is 0. The van der Waals surface area contributed by atoms with Gasteiger partial charge in [-0.3, -0.25) is 4.79 Å². The van der Waals surface area contributed by atoms with Gasteiger partial charge in [-0.05, 0) is 37.8 Å². The Morgan fingerprint density at radius 3 is 2.86 bits per heavy atom. The van der Waals surface area contributed by atoms with Gasteiger partial charge in [0, 0.05) is 24.3 Å². The maximum absolute atomic E-state index is 11.8. The number of methoxy groups -OCH3 is 1. The summed E-state index contributed by atoms with van der Waals surface area (Å²) in [6.07, 6.45) is 4.25. The second kappa shape index (κ2) is 6.35. The van der Waals surface area contributed by atoms with Crippen LogP contribution in [-0.2, 0) is 9.53 Å². The molecule has 1 aromatic rings. The minimum atomic E-state index is 0.0882. The molecule has 1 saturated carbocycles. The Labute approximate surface area is 124 Å². The number of carbonyl (C=O) groups is 1. The average Bonchev–Trinajstić information content (AvgIpc) is 3.22. The standard InChI is InChI=1S/C16H21NO4/c1-19-14-7-6-12(17-16(18)11-4-5-11)9-15(14)21-10-13-3-2-8-20-13/h6-7,9,11,13H,2-5,8,10H2,1H3,(H,17,18)/t13-/m0/s1. The third-order valence-corrected chi connectivity index (χ3v) is 3.83. The number of rotatable bonds is 6. The number of hydrogen-bond donors (Lipinski definition) is 1. The zero-order chi connectivity index (χ0) is 14.7. The van der Waals surface area contributed by atoms with Gasteiger partial charge in [-0.2, -0.15) is 0 Å². The molecule has 1 aliphatic heterocycles. The van der Waals surface area contributed by atoms with Crippen molar-refractivity contribution >= 4 is 11.6 Å². The first-order valence-electron chi connectivity index (χ1n) is 7.49. The van der Waals surface area contributed by atoms with Crippen molar-refractivity contribution in [2.24, 2.45) is 5.92 Å². The molecule has 3 rings (SSSR count). The second-order valence-electron chi connectivity index (χ2n) is 5.58. The van der Waals surface area contributed by atoms with E-state index in [0.29, 0.717) is 18.1 Å². The van der Waals surface area contributed by atoms with Crippen LogP contribution in [0.2, 0.25) is 0 Å². The third kappa shape index (κ3) is 3.67. The van der Waals surface area contributed by atoms with E-state index < -0.39 is 0 Å². The molecule has 2 aliphatic rings. The topological polar surface area (TPSA) is 56.8 Å². The SMILES string of the molecule is COc1ccc(NC(=O)C2CC2)cc1OC[C@@H]1CCCO1. The predicted octanol–water partition coefficient (Wildman–Crippen LogP) is 2.60. The highest BCUT2D eigenvalue weighted by Gasteiger charge is 2.29. The number of hydrogen-bond acceptors (Lipinski definition) is 4. The number of nitrogens with one attached hydrogen (secondary N) is 1. The molecular formula is C16H21NO4. The maximum atomic E-state index is 11.8. The minimum Gasteiger partial charge on any atom is -0.493 e. The molecule has 1 N–H and O–H groups in total. The van der Waals surface area contributed by atoms with Crippen LogP contribution in [0.4, 0.5) is 5.69 Å². The van der Waals surface area contributed by atoms with Crippen molar-refractivity contribution in [3.63, 3.8) is 0 Å². The molecule has 0 aromatic heterocycles. The molecule has 1 saturated heterocycles. The normalized spacial score (nSPS) is 21.1. The number of amides is 1. The number of benzene rings is 1. The summed E-state index contributed by atoms with van der Waals surface area (Å²) < 4.78 is 16.7. The smallest absolute Gasteiger partial charge is 0.227 e. The Bertz CT molecular complexity index is 507. The van der Waals surface area contributed by atoms with Crippen LogP contribution in [0.1, 0.15) is 25.7 Å². The van der Waals surface area contributed by atoms with E-state index in [1.165, 1.54) is 0 Å². The van der Waals surface area contributed by atoms with Crippen LogP contribution in [-0.4, -0.2) is 32.3 Å². The van der Waals surface area contributed by atoms with E-state index in [4.69, 9.17) is 14.2 Å². The van der Waals surface area contributed by atoms with Gasteiger partial charge in [0.25, 0.3) is 0 Å². The van der Waals surface area contributed by atoms with Gasteiger partial charge in [0.15, 0.2) is 11.5 Å². The lowest BCUT2D eigenvalue weighted by atomic mass is 10.2. The molecular weight excluding hydrogens is 270 g/mol. The molecule has 0 bridgehead atoms. The van der Waals surface area contributed by atoms with Crippen LogP contribution < -0.4 is 14.8 Å². The Morgan fingerprint density at radius 1 is 1.33 bits per heavy atom. The summed E-state index contributed by atoms with van der Waals surface area (Å²) in [4.78, 5) is 11.8. The lowest BCUT2D eigenvalue weighted by Crippen LogP contribution is -2.17. The maximum Gasteiger partial charge on any atom is 0.227 e. The molecule has 1 atom stereocenters. The van der Waals surface area contributed by atoms with Crippen molar-refractivity contribution in [2.45, 2.75) is 31.8 Å². The van der Waals surface area contributed by atoms with Crippen LogP contribution >= 0.6 is 0 Å². The van der Waals surface area contributed by atoms with Gasteiger partial charge >= 0.3 is 0 Å². The number of carbonyl (C=O) groups excluding carboxylic acids is 1. The molecule has 114 valence electrons. The summed E-state index contributed by atoms with van der Waals surface area (Å²) in [7, 11) is 1.61. The predicted molar refractivity (Wildman–Crippen MR) is 78.8 cm³/mol. The van der Waals surface area contributed by atoms with Gasteiger partial charge in [0.1, 0.15) is 6.61 Å². The van der Waals surface area contributed by atoms with Crippen LogP contribution in [0.5, 0.6) is 11.5 Å². The Kier molecular flexibility index (Phi) is 4.29. The van der Waals surface area contributed by atoms with E-state index in [9.17, 15) is 4.79 Å². The molecule has 1 aromatic carbocycles. The fraction of sp³-hybridized carbons (Fsp3) is 0.562. The molecule has 1 aliphatic carbocycles.